The van der Waals surface area contributed by atoms with Gasteiger partial charge in [-0.3, -0.25) is 0 Å². The molecule has 0 fully saturated rings. The van der Waals surface area contributed by atoms with Crippen LogP contribution in [0.15, 0.2) is 18.2 Å². The fourth-order valence-corrected chi connectivity index (χ4v) is 2.77. The van der Waals surface area contributed by atoms with E-state index < -0.39 is 0 Å². The highest BCUT2D eigenvalue weighted by atomic mass is 16.5. The quantitative estimate of drug-likeness (QED) is 0.368. The molecule has 0 bridgehead atoms. The topological polar surface area (TPSA) is 108 Å². The Morgan fingerprint density at radius 3 is 1.46 bits per heavy atom. The Labute approximate surface area is 137 Å². The van der Waals surface area contributed by atoms with E-state index in [1.807, 2.05) is 0 Å². The molecule has 8 heteroatoms. The van der Waals surface area contributed by atoms with Gasteiger partial charge < -0.3 is 20.8 Å². The molecule has 0 aliphatic carbocycles. The SMILES string of the molecule is C/C=C/c1c(C)[n+]([O-])c2cc3c(cc2[n+]1[O-])[n+]([O-])c(C)c(C)[n+]3[O-]. The summed E-state index contributed by atoms with van der Waals surface area (Å²) < 4.78 is 2.40. The van der Waals surface area contributed by atoms with Gasteiger partial charge in [-0.1, -0.05) is 6.08 Å². The van der Waals surface area contributed by atoms with Gasteiger partial charge >= 0.3 is 0 Å². The van der Waals surface area contributed by atoms with Gasteiger partial charge in [-0.15, -0.1) is 0 Å². The summed E-state index contributed by atoms with van der Waals surface area (Å²) in [5, 5.41) is 49.8. The molecule has 124 valence electrons. The van der Waals surface area contributed by atoms with Crippen molar-refractivity contribution in [2.75, 3.05) is 0 Å². The van der Waals surface area contributed by atoms with Gasteiger partial charge in [0.05, 0.1) is 12.1 Å². The first-order chi connectivity index (χ1) is 11.3. The number of hydrogen-bond acceptors (Lipinski definition) is 4. The number of fused-ring (bicyclic) bond motifs is 2. The van der Waals surface area contributed by atoms with Gasteiger partial charge in [-0.05, 0) is 6.92 Å². The van der Waals surface area contributed by atoms with Crippen LogP contribution in [0.2, 0.25) is 0 Å². The molecule has 3 rings (SSSR count). The van der Waals surface area contributed by atoms with Crippen LogP contribution in [0.3, 0.4) is 0 Å². The molecule has 2 heterocycles. The molecule has 0 amide bonds. The molecule has 2 aromatic heterocycles. The monoisotopic (exact) mass is 328 g/mol. The molecule has 0 N–H and O–H groups in total. The number of rotatable bonds is 1. The number of aromatic nitrogens is 4. The molecule has 0 unspecified atom stereocenters. The maximum Gasteiger partial charge on any atom is 0.297 e. The van der Waals surface area contributed by atoms with Gasteiger partial charge in [0.2, 0.25) is 0 Å². The lowest BCUT2D eigenvalue weighted by Gasteiger charge is -2.11. The molecule has 8 nitrogen and oxygen atoms in total. The fourth-order valence-electron chi connectivity index (χ4n) is 2.77. The largest absolute Gasteiger partial charge is 0.618 e. The standard InChI is InChI=1S/C16H16N4O4/c1-5-6-12-11(4)19(23)15-7-13-14(8-16(15)20(12)24)18(22)10(3)9(2)17(13)21/h5-8H,1-4H3/b6-5+. The van der Waals surface area contributed by atoms with Crippen molar-refractivity contribution >= 4 is 28.1 Å². The fraction of sp³-hybridized carbons (Fsp3) is 0.250. The van der Waals surface area contributed by atoms with E-state index in [0.29, 0.717) is 18.9 Å². The van der Waals surface area contributed by atoms with Crippen molar-refractivity contribution in [1.29, 1.82) is 0 Å². The van der Waals surface area contributed by atoms with E-state index in [1.54, 1.807) is 13.0 Å². The van der Waals surface area contributed by atoms with Crippen LogP contribution < -0.4 is 18.9 Å². The first-order valence-corrected chi connectivity index (χ1v) is 7.37. The lowest BCUT2D eigenvalue weighted by Crippen LogP contribution is -2.46. The second kappa shape index (κ2) is 5.19. The normalized spacial score (nSPS) is 11.8. The van der Waals surface area contributed by atoms with Crippen molar-refractivity contribution in [2.24, 2.45) is 0 Å². The van der Waals surface area contributed by atoms with Crippen LogP contribution >= 0.6 is 0 Å². The maximum atomic E-state index is 12.6. The average Bonchev–Trinajstić information content (AvgIpc) is 2.58. The Morgan fingerprint density at radius 2 is 1.04 bits per heavy atom. The minimum Gasteiger partial charge on any atom is -0.618 e. The van der Waals surface area contributed by atoms with E-state index in [2.05, 4.69) is 0 Å². The first-order valence-electron chi connectivity index (χ1n) is 7.37. The number of hydrogen-bond donors (Lipinski definition) is 0. The van der Waals surface area contributed by atoms with Crippen molar-refractivity contribution < 1.29 is 18.9 Å². The minimum atomic E-state index is 0.0315. The van der Waals surface area contributed by atoms with Crippen molar-refractivity contribution in [3.05, 3.63) is 61.8 Å². The summed E-state index contributed by atoms with van der Waals surface area (Å²) in [4.78, 5) is 0. The van der Waals surface area contributed by atoms with Crippen LogP contribution in [0, 0.1) is 41.6 Å². The third-order valence-corrected chi connectivity index (χ3v) is 4.30. The molecule has 0 saturated heterocycles. The number of nitrogens with zero attached hydrogens (tertiary/aromatic N) is 4. The summed E-state index contributed by atoms with van der Waals surface area (Å²) in [6.07, 6.45) is 3.18. The Bertz CT molecular complexity index is 1040. The van der Waals surface area contributed by atoms with Crippen molar-refractivity contribution in [3.8, 4) is 0 Å². The first kappa shape index (κ1) is 15.7. The van der Waals surface area contributed by atoms with Crippen LogP contribution in [0.4, 0.5) is 0 Å². The third-order valence-electron chi connectivity index (χ3n) is 4.30. The highest BCUT2D eigenvalue weighted by Crippen LogP contribution is 2.17. The molecule has 1 aromatic carbocycles. The Balaban J connectivity index is 2.60. The summed E-state index contributed by atoms with van der Waals surface area (Å²) >= 11 is 0. The predicted molar refractivity (Wildman–Crippen MR) is 86.2 cm³/mol. The molecular formula is C16H16N4O4. The van der Waals surface area contributed by atoms with E-state index in [9.17, 15) is 20.8 Å². The Hall–Kier alpha value is -3.16. The number of benzene rings is 1. The van der Waals surface area contributed by atoms with E-state index in [1.165, 1.54) is 39.0 Å². The Morgan fingerprint density at radius 1 is 0.667 bits per heavy atom. The van der Waals surface area contributed by atoms with Crippen LogP contribution in [0.5, 0.6) is 0 Å². The lowest BCUT2D eigenvalue weighted by atomic mass is 10.2. The molecule has 3 aromatic rings. The third kappa shape index (κ3) is 1.92. The summed E-state index contributed by atoms with van der Waals surface area (Å²) in [6.45, 7) is 6.32. The zero-order valence-corrected chi connectivity index (χ0v) is 13.7. The predicted octanol–water partition coefficient (Wildman–Crippen LogP) is 0.485. The molecule has 0 saturated carbocycles. The van der Waals surface area contributed by atoms with Gasteiger partial charge in [0, 0.05) is 26.8 Å². The van der Waals surface area contributed by atoms with Crippen LogP contribution in [0.1, 0.15) is 29.7 Å². The second-order valence-corrected chi connectivity index (χ2v) is 5.65. The van der Waals surface area contributed by atoms with Crippen molar-refractivity contribution in [3.63, 3.8) is 0 Å². The van der Waals surface area contributed by atoms with Crippen LogP contribution in [0.25, 0.3) is 28.1 Å². The van der Waals surface area contributed by atoms with Gasteiger partial charge in [0.15, 0.2) is 0 Å². The van der Waals surface area contributed by atoms with Crippen LogP contribution in [-0.4, -0.2) is 0 Å². The minimum absolute atomic E-state index is 0.0315. The molecule has 24 heavy (non-hydrogen) atoms. The van der Waals surface area contributed by atoms with E-state index in [0.717, 1.165) is 0 Å². The summed E-state index contributed by atoms with van der Waals surface area (Å²) in [5.74, 6) is 0. The van der Waals surface area contributed by atoms with Gasteiger partial charge in [0.1, 0.15) is 0 Å². The van der Waals surface area contributed by atoms with Crippen molar-refractivity contribution in [2.45, 2.75) is 27.7 Å². The molecule has 0 radical (unpaired) electrons. The van der Waals surface area contributed by atoms with E-state index in [-0.39, 0.29) is 44.8 Å². The smallest absolute Gasteiger partial charge is 0.297 e. The van der Waals surface area contributed by atoms with E-state index >= 15 is 0 Å². The summed E-state index contributed by atoms with van der Waals surface area (Å²) in [7, 11) is 0. The maximum absolute atomic E-state index is 12.6. The van der Waals surface area contributed by atoms with Gasteiger partial charge in [-0.2, -0.15) is 18.9 Å². The molecular weight excluding hydrogens is 312 g/mol. The van der Waals surface area contributed by atoms with Crippen LogP contribution in [-0.2, 0) is 0 Å². The number of allylic oxidation sites excluding steroid dienone is 1. The average molecular weight is 328 g/mol. The highest BCUT2D eigenvalue weighted by molar-refractivity contribution is 5.84. The van der Waals surface area contributed by atoms with Gasteiger partial charge in [-0.25, -0.2) is 0 Å². The van der Waals surface area contributed by atoms with Crippen molar-refractivity contribution in [1.82, 2.24) is 0 Å². The summed E-state index contributed by atoms with van der Waals surface area (Å²) in [6, 6.07) is 2.57. The second-order valence-electron chi connectivity index (χ2n) is 5.65. The van der Waals surface area contributed by atoms with E-state index in [4.69, 9.17) is 0 Å². The zero-order chi connectivity index (χ0) is 17.8. The summed E-state index contributed by atoms with van der Waals surface area (Å²) in [5.41, 5.74) is 1.04. The van der Waals surface area contributed by atoms with Gasteiger partial charge in [0.25, 0.3) is 44.8 Å². The molecule has 0 spiro atoms. The lowest BCUT2D eigenvalue weighted by molar-refractivity contribution is -0.642. The molecule has 0 aliphatic rings. The molecule has 0 atom stereocenters. The zero-order valence-electron chi connectivity index (χ0n) is 13.7. The Kier molecular flexibility index (Phi) is 3.40. The molecule has 0 aliphatic heterocycles. The highest BCUT2D eigenvalue weighted by Gasteiger charge is 2.30.